The van der Waals surface area contributed by atoms with Gasteiger partial charge in [0.2, 0.25) is 5.91 Å². The van der Waals surface area contributed by atoms with Crippen molar-refractivity contribution >= 4 is 35.2 Å². The van der Waals surface area contributed by atoms with Crippen molar-refractivity contribution in [3.05, 3.63) is 76.3 Å². The van der Waals surface area contributed by atoms with Crippen molar-refractivity contribution in [1.29, 1.82) is 0 Å². The quantitative estimate of drug-likeness (QED) is 0.312. The third-order valence-electron chi connectivity index (χ3n) is 6.28. The van der Waals surface area contributed by atoms with Crippen LogP contribution in [0.3, 0.4) is 0 Å². The lowest BCUT2D eigenvalue weighted by Gasteiger charge is -2.35. The zero-order valence-electron chi connectivity index (χ0n) is 24.4. The molecule has 2 aromatic rings. The maximum atomic E-state index is 14.2. The summed E-state index contributed by atoms with van der Waals surface area (Å²) in [5.41, 5.74) is 3.08. The van der Waals surface area contributed by atoms with Gasteiger partial charge in [-0.25, -0.2) is 4.79 Å². The van der Waals surface area contributed by atoms with Crippen molar-refractivity contribution in [3.8, 4) is 0 Å². The molecule has 0 fully saturated rings. The maximum absolute atomic E-state index is 14.2. The first kappa shape index (κ1) is 31.9. The van der Waals surface area contributed by atoms with E-state index in [-0.39, 0.29) is 12.5 Å². The number of benzene rings is 2. The molecule has 0 aliphatic heterocycles. The molecular formula is C31H42ClN3O4. The Hall–Kier alpha value is -3.32. The van der Waals surface area contributed by atoms with Crippen LogP contribution in [0, 0.1) is 26.7 Å². The Balaban J connectivity index is 2.61. The number of anilines is 1. The van der Waals surface area contributed by atoms with Gasteiger partial charge in [-0.2, -0.15) is 0 Å². The minimum absolute atomic E-state index is 0.0798. The van der Waals surface area contributed by atoms with Crippen molar-refractivity contribution in [2.45, 2.75) is 79.5 Å². The fourth-order valence-corrected chi connectivity index (χ4v) is 4.58. The molecule has 2 aromatic carbocycles. The number of carbonyl (C=O) groups excluding carboxylic acids is 3. The Kier molecular flexibility index (Phi) is 11.2. The zero-order valence-corrected chi connectivity index (χ0v) is 25.1. The number of alkyl carbamates (subject to hydrolysis) is 1. The second-order valence-corrected chi connectivity index (χ2v) is 11.6. The Bertz CT molecular complexity index is 1180. The summed E-state index contributed by atoms with van der Waals surface area (Å²) in [6.45, 7) is 18.8. The van der Waals surface area contributed by atoms with Crippen LogP contribution < -0.4 is 10.6 Å². The van der Waals surface area contributed by atoms with Crippen LogP contribution in [-0.2, 0) is 14.3 Å². The van der Waals surface area contributed by atoms with Gasteiger partial charge < -0.3 is 20.3 Å². The van der Waals surface area contributed by atoms with E-state index in [4.69, 9.17) is 16.3 Å². The predicted molar refractivity (Wildman–Crippen MR) is 158 cm³/mol. The summed E-state index contributed by atoms with van der Waals surface area (Å²) >= 11 is 6.43. The highest BCUT2D eigenvalue weighted by atomic mass is 35.5. The van der Waals surface area contributed by atoms with E-state index in [1.54, 1.807) is 32.9 Å². The molecule has 212 valence electrons. The molecule has 7 nitrogen and oxygen atoms in total. The average molecular weight is 556 g/mol. The summed E-state index contributed by atoms with van der Waals surface area (Å²) in [6, 6.07) is 9.09. The Morgan fingerprint density at radius 1 is 1.05 bits per heavy atom. The molecule has 39 heavy (non-hydrogen) atoms. The molecule has 0 bridgehead atoms. The molecule has 0 heterocycles. The summed E-state index contributed by atoms with van der Waals surface area (Å²) in [4.78, 5) is 42.4. The number of halogens is 1. The van der Waals surface area contributed by atoms with E-state index in [0.29, 0.717) is 22.7 Å². The van der Waals surface area contributed by atoms with Gasteiger partial charge in [-0.05, 0) is 82.2 Å². The van der Waals surface area contributed by atoms with E-state index in [0.717, 1.165) is 16.7 Å². The number of aryl methyl sites for hydroxylation is 2. The molecule has 0 spiro atoms. The monoisotopic (exact) mass is 555 g/mol. The smallest absolute Gasteiger partial charge is 0.408 e. The number of amides is 3. The number of para-hydroxylation sites is 1. The molecule has 8 heteroatoms. The minimum Gasteiger partial charge on any atom is -0.444 e. The highest BCUT2D eigenvalue weighted by Crippen LogP contribution is 2.31. The second kappa shape index (κ2) is 13.7. The fourth-order valence-electron chi connectivity index (χ4n) is 4.31. The fraction of sp³-hybridized carbons (Fsp3) is 0.452. The topological polar surface area (TPSA) is 87.7 Å². The average Bonchev–Trinajstić information content (AvgIpc) is 2.81. The number of rotatable bonds is 10. The lowest BCUT2D eigenvalue weighted by molar-refractivity contribution is -0.140. The van der Waals surface area contributed by atoms with Crippen LogP contribution in [0.1, 0.15) is 69.3 Å². The molecule has 0 aliphatic rings. The van der Waals surface area contributed by atoms with Crippen LogP contribution in [-0.4, -0.2) is 41.0 Å². The first-order chi connectivity index (χ1) is 18.2. The highest BCUT2D eigenvalue weighted by molar-refractivity contribution is 6.34. The number of ether oxygens (including phenoxy) is 1. The Morgan fingerprint density at radius 2 is 1.67 bits per heavy atom. The third kappa shape index (κ3) is 8.85. The molecule has 0 saturated heterocycles. The van der Waals surface area contributed by atoms with Gasteiger partial charge in [-0.15, -0.1) is 6.58 Å². The second-order valence-electron chi connectivity index (χ2n) is 11.2. The first-order valence-electron chi connectivity index (χ1n) is 13.2. The van der Waals surface area contributed by atoms with Crippen molar-refractivity contribution in [2.24, 2.45) is 5.92 Å². The first-order valence-corrected chi connectivity index (χ1v) is 13.6. The number of nitrogens with zero attached hydrogens (tertiary/aromatic N) is 1. The van der Waals surface area contributed by atoms with Gasteiger partial charge in [0.25, 0.3) is 5.91 Å². The van der Waals surface area contributed by atoms with E-state index in [2.05, 4.69) is 17.2 Å². The van der Waals surface area contributed by atoms with Crippen LogP contribution in [0.25, 0.3) is 0 Å². The molecule has 0 saturated carbocycles. The van der Waals surface area contributed by atoms with E-state index in [1.165, 1.54) is 4.90 Å². The van der Waals surface area contributed by atoms with E-state index in [1.807, 2.05) is 65.0 Å². The molecule has 3 amide bonds. The normalized spacial score (nSPS) is 12.9. The van der Waals surface area contributed by atoms with Crippen molar-refractivity contribution in [1.82, 2.24) is 10.2 Å². The number of hydrogen-bond donors (Lipinski definition) is 2. The van der Waals surface area contributed by atoms with Crippen molar-refractivity contribution < 1.29 is 19.1 Å². The Labute approximate surface area is 237 Å². The van der Waals surface area contributed by atoms with Crippen LogP contribution in [0.4, 0.5) is 10.5 Å². The molecular weight excluding hydrogens is 514 g/mol. The van der Waals surface area contributed by atoms with E-state index >= 15 is 0 Å². The standard InChI is InChI=1S/C31H42ClN3O4/c1-10-17-35(29(37)25(18-19(2)3)33-30(38)39-31(7,8)9)27(23-15-11-13-20(4)22(23)6)28(36)34-26-21(5)14-12-16-24(26)32/h10-16,19,25,27H,1,17-18H2,2-9H3,(H,33,38)(H,34,36). The molecule has 0 aliphatic carbocycles. The summed E-state index contributed by atoms with van der Waals surface area (Å²) < 4.78 is 5.44. The summed E-state index contributed by atoms with van der Waals surface area (Å²) in [5, 5.41) is 6.10. The lowest BCUT2D eigenvalue weighted by atomic mass is 9.94. The SMILES string of the molecule is C=CCN(C(=O)C(CC(C)C)NC(=O)OC(C)(C)C)C(C(=O)Nc1c(C)cccc1Cl)c1cccc(C)c1C. The molecule has 2 N–H and O–H groups in total. The third-order valence-corrected chi connectivity index (χ3v) is 6.59. The molecule has 2 unspecified atom stereocenters. The van der Waals surface area contributed by atoms with Gasteiger partial charge in [0.15, 0.2) is 0 Å². The maximum Gasteiger partial charge on any atom is 0.408 e. The number of nitrogens with one attached hydrogen (secondary N) is 2. The van der Waals surface area contributed by atoms with Crippen LogP contribution in [0.2, 0.25) is 5.02 Å². The van der Waals surface area contributed by atoms with Crippen LogP contribution in [0.5, 0.6) is 0 Å². The summed E-state index contributed by atoms with van der Waals surface area (Å²) in [7, 11) is 0. The van der Waals surface area contributed by atoms with Gasteiger partial charge in [-0.1, -0.05) is 61.9 Å². The van der Waals surface area contributed by atoms with Gasteiger partial charge >= 0.3 is 6.09 Å². The van der Waals surface area contributed by atoms with Crippen molar-refractivity contribution in [3.63, 3.8) is 0 Å². The molecule has 2 atom stereocenters. The van der Waals surface area contributed by atoms with E-state index < -0.39 is 35.6 Å². The zero-order chi connectivity index (χ0) is 29.5. The van der Waals surface area contributed by atoms with Gasteiger partial charge in [0, 0.05) is 6.54 Å². The predicted octanol–water partition coefficient (Wildman–Crippen LogP) is 6.90. The molecule has 2 rings (SSSR count). The summed E-state index contributed by atoms with van der Waals surface area (Å²) in [5.74, 6) is -0.750. The summed E-state index contributed by atoms with van der Waals surface area (Å²) in [6.07, 6.45) is 1.24. The van der Waals surface area contributed by atoms with Crippen molar-refractivity contribution in [2.75, 3.05) is 11.9 Å². The number of hydrogen-bond acceptors (Lipinski definition) is 4. The number of carbonyl (C=O) groups is 3. The Morgan fingerprint density at radius 3 is 2.23 bits per heavy atom. The van der Waals surface area contributed by atoms with Crippen LogP contribution in [0.15, 0.2) is 49.1 Å². The van der Waals surface area contributed by atoms with Crippen LogP contribution >= 0.6 is 11.6 Å². The van der Waals surface area contributed by atoms with Gasteiger partial charge in [0.1, 0.15) is 17.7 Å². The van der Waals surface area contributed by atoms with Gasteiger partial charge in [0.05, 0.1) is 10.7 Å². The van der Waals surface area contributed by atoms with Gasteiger partial charge in [-0.3, -0.25) is 9.59 Å². The molecule has 0 aromatic heterocycles. The highest BCUT2D eigenvalue weighted by Gasteiger charge is 2.37. The largest absolute Gasteiger partial charge is 0.444 e. The molecule has 0 radical (unpaired) electrons. The lowest BCUT2D eigenvalue weighted by Crippen LogP contribution is -2.53. The minimum atomic E-state index is -1.01. The van der Waals surface area contributed by atoms with E-state index in [9.17, 15) is 14.4 Å².